The average Bonchev–Trinajstić information content (AvgIpc) is 3.31. The van der Waals surface area contributed by atoms with Gasteiger partial charge in [0.1, 0.15) is 0 Å². The van der Waals surface area contributed by atoms with Crippen LogP contribution in [0.1, 0.15) is 45.7 Å². The lowest BCUT2D eigenvalue weighted by atomic mass is 9.68. The molecule has 2 N–H and O–H groups in total. The van der Waals surface area contributed by atoms with E-state index < -0.39 is 5.41 Å². The van der Waals surface area contributed by atoms with Gasteiger partial charge in [-0.15, -0.1) is 0 Å². The summed E-state index contributed by atoms with van der Waals surface area (Å²) in [4.78, 5) is 12.6. The van der Waals surface area contributed by atoms with Crippen molar-refractivity contribution in [1.29, 1.82) is 0 Å². The predicted molar refractivity (Wildman–Crippen MR) is 112 cm³/mol. The van der Waals surface area contributed by atoms with Crippen LogP contribution < -0.4 is 14.8 Å². The van der Waals surface area contributed by atoms with E-state index in [-0.39, 0.29) is 12.7 Å². The van der Waals surface area contributed by atoms with E-state index in [2.05, 4.69) is 58.0 Å². The molecule has 0 spiro atoms. The van der Waals surface area contributed by atoms with Crippen molar-refractivity contribution in [3.8, 4) is 11.5 Å². The van der Waals surface area contributed by atoms with Crippen molar-refractivity contribution in [3.63, 3.8) is 0 Å². The SMILES string of the molecule is O=C(NC1CC1)c1n[nH]c2c1C=CC(c1ccccc1)(c1ccc3c(c1)OCO3)C2. The minimum absolute atomic E-state index is 0.102. The molecule has 0 bridgehead atoms. The van der Waals surface area contributed by atoms with Gasteiger partial charge in [0, 0.05) is 29.1 Å². The minimum atomic E-state index is -0.397. The fourth-order valence-corrected chi connectivity index (χ4v) is 4.39. The Hall–Kier alpha value is -3.54. The van der Waals surface area contributed by atoms with Crippen LogP contribution in [-0.4, -0.2) is 28.9 Å². The number of hydrogen-bond acceptors (Lipinski definition) is 4. The molecule has 2 aromatic carbocycles. The highest BCUT2D eigenvalue weighted by Gasteiger charge is 2.38. The quantitative estimate of drug-likeness (QED) is 0.703. The third kappa shape index (κ3) is 2.71. The zero-order valence-electron chi connectivity index (χ0n) is 16.4. The second-order valence-electron chi connectivity index (χ2n) is 8.13. The zero-order valence-corrected chi connectivity index (χ0v) is 16.4. The van der Waals surface area contributed by atoms with Crippen LogP contribution in [0.4, 0.5) is 0 Å². The molecular formula is C24H21N3O3. The van der Waals surface area contributed by atoms with Gasteiger partial charge in [0.05, 0.1) is 0 Å². The second kappa shape index (κ2) is 6.49. The molecule has 150 valence electrons. The molecule has 0 saturated heterocycles. The summed E-state index contributed by atoms with van der Waals surface area (Å²) in [6, 6.07) is 16.8. The smallest absolute Gasteiger partial charge is 0.272 e. The number of benzene rings is 2. The van der Waals surface area contributed by atoms with Crippen LogP contribution in [0.3, 0.4) is 0 Å². The van der Waals surface area contributed by atoms with Crippen LogP contribution in [0.25, 0.3) is 6.08 Å². The molecule has 2 aliphatic carbocycles. The van der Waals surface area contributed by atoms with Gasteiger partial charge in [-0.1, -0.05) is 48.6 Å². The third-order valence-corrected chi connectivity index (χ3v) is 6.18. The number of carbonyl (C=O) groups is 1. The van der Waals surface area contributed by atoms with E-state index in [1.165, 1.54) is 5.56 Å². The van der Waals surface area contributed by atoms with Gasteiger partial charge >= 0.3 is 0 Å². The molecular weight excluding hydrogens is 378 g/mol. The van der Waals surface area contributed by atoms with E-state index in [0.717, 1.165) is 41.2 Å². The van der Waals surface area contributed by atoms with E-state index >= 15 is 0 Å². The summed E-state index contributed by atoms with van der Waals surface area (Å²) in [5.74, 6) is 1.43. The molecule has 1 saturated carbocycles. The molecule has 1 unspecified atom stereocenters. The first kappa shape index (κ1) is 17.3. The number of carbonyl (C=O) groups excluding carboxylic acids is 1. The molecule has 3 aliphatic rings. The number of H-pyrrole nitrogens is 1. The first-order valence-electron chi connectivity index (χ1n) is 10.3. The Morgan fingerprint density at radius 3 is 2.73 bits per heavy atom. The molecule has 0 radical (unpaired) electrons. The van der Waals surface area contributed by atoms with Gasteiger partial charge in [0.2, 0.25) is 6.79 Å². The molecule has 6 heteroatoms. The van der Waals surface area contributed by atoms with Gasteiger partial charge < -0.3 is 14.8 Å². The Morgan fingerprint density at radius 2 is 1.90 bits per heavy atom. The Kier molecular flexibility index (Phi) is 3.75. The number of rotatable bonds is 4. The van der Waals surface area contributed by atoms with Crippen molar-refractivity contribution in [1.82, 2.24) is 15.5 Å². The number of ether oxygens (including phenoxy) is 2. The summed E-state index contributed by atoms with van der Waals surface area (Å²) < 4.78 is 11.1. The standard InChI is InChI=1S/C24H21N3O3/c28-23(25-17-7-8-17)22-18-10-11-24(13-19(18)26-27-22,15-4-2-1-3-5-15)16-6-9-20-21(12-16)30-14-29-20/h1-6,9-12,17H,7-8,13-14H2,(H,25,28)(H,26,27). The molecule has 3 aromatic rings. The van der Waals surface area contributed by atoms with E-state index in [1.807, 2.05) is 18.2 Å². The third-order valence-electron chi connectivity index (χ3n) is 6.18. The number of aromatic amines is 1. The predicted octanol–water partition coefficient (Wildman–Crippen LogP) is 3.59. The lowest BCUT2D eigenvalue weighted by Gasteiger charge is -2.34. The van der Waals surface area contributed by atoms with Crippen LogP contribution >= 0.6 is 0 Å². The monoisotopic (exact) mass is 399 g/mol. The van der Waals surface area contributed by atoms with Crippen molar-refractivity contribution < 1.29 is 14.3 Å². The lowest BCUT2D eigenvalue weighted by Crippen LogP contribution is -2.31. The number of nitrogens with one attached hydrogen (secondary N) is 2. The number of aromatic nitrogens is 2. The van der Waals surface area contributed by atoms with Crippen LogP contribution in [0.5, 0.6) is 11.5 Å². The Bertz CT molecular complexity index is 1160. The highest BCUT2D eigenvalue weighted by Crippen LogP contribution is 2.45. The maximum absolute atomic E-state index is 12.6. The normalized spacial score (nSPS) is 21.3. The molecule has 1 atom stereocenters. The van der Waals surface area contributed by atoms with E-state index in [9.17, 15) is 4.79 Å². The topological polar surface area (TPSA) is 76.2 Å². The summed E-state index contributed by atoms with van der Waals surface area (Å²) in [6.07, 6.45) is 6.99. The van der Waals surface area contributed by atoms with Crippen LogP contribution in [-0.2, 0) is 11.8 Å². The number of amides is 1. The molecule has 1 aliphatic heterocycles. The number of allylic oxidation sites excluding steroid dienone is 1. The molecule has 1 aromatic heterocycles. The Labute approximate surface area is 173 Å². The zero-order chi connectivity index (χ0) is 20.1. The number of nitrogens with zero attached hydrogens (tertiary/aromatic N) is 1. The fraction of sp³-hybridized carbons (Fsp3) is 0.250. The maximum atomic E-state index is 12.6. The highest BCUT2D eigenvalue weighted by molar-refractivity contribution is 5.97. The molecule has 1 fully saturated rings. The van der Waals surface area contributed by atoms with E-state index in [1.54, 1.807) is 0 Å². The number of hydrogen-bond donors (Lipinski definition) is 2. The van der Waals surface area contributed by atoms with Crippen LogP contribution in [0, 0.1) is 0 Å². The van der Waals surface area contributed by atoms with Crippen molar-refractivity contribution in [2.45, 2.75) is 30.7 Å². The Morgan fingerprint density at radius 1 is 1.07 bits per heavy atom. The lowest BCUT2D eigenvalue weighted by molar-refractivity contribution is 0.0946. The largest absolute Gasteiger partial charge is 0.454 e. The van der Waals surface area contributed by atoms with Gasteiger partial charge in [-0.3, -0.25) is 9.89 Å². The van der Waals surface area contributed by atoms with E-state index in [0.29, 0.717) is 18.2 Å². The van der Waals surface area contributed by atoms with Gasteiger partial charge in [0.25, 0.3) is 5.91 Å². The summed E-state index contributed by atoms with van der Waals surface area (Å²) in [7, 11) is 0. The molecule has 30 heavy (non-hydrogen) atoms. The summed E-state index contributed by atoms with van der Waals surface area (Å²) in [5.41, 5.74) is 4.19. The van der Waals surface area contributed by atoms with Gasteiger partial charge in [-0.2, -0.15) is 5.10 Å². The average molecular weight is 399 g/mol. The fourth-order valence-electron chi connectivity index (χ4n) is 4.39. The first-order chi connectivity index (χ1) is 14.7. The highest BCUT2D eigenvalue weighted by atomic mass is 16.7. The summed E-state index contributed by atoms with van der Waals surface area (Å²) in [5, 5.41) is 10.5. The number of fused-ring (bicyclic) bond motifs is 2. The minimum Gasteiger partial charge on any atom is -0.454 e. The van der Waals surface area contributed by atoms with E-state index in [4.69, 9.17) is 9.47 Å². The first-order valence-corrected chi connectivity index (χ1v) is 10.3. The molecule has 1 amide bonds. The molecule has 6 rings (SSSR count). The van der Waals surface area contributed by atoms with Crippen LogP contribution in [0.2, 0.25) is 0 Å². The van der Waals surface area contributed by atoms with Crippen molar-refractivity contribution in [3.05, 3.63) is 82.7 Å². The van der Waals surface area contributed by atoms with Gasteiger partial charge in [0.15, 0.2) is 17.2 Å². The van der Waals surface area contributed by atoms with Gasteiger partial charge in [-0.25, -0.2) is 0 Å². The Balaban J connectivity index is 1.44. The van der Waals surface area contributed by atoms with Crippen molar-refractivity contribution in [2.75, 3.05) is 6.79 Å². The van der Waals surface area contributed by atoms with Crippen molar-refractivity contribution >= 4 is 12.0 Å². The molecule has 6 nitrogen and oxygen atoms in total. The maximum Gasteiger partial charge on any atom is 0.272 e. The van der Waals surface area contributed by atoms with Crippen molar-refractivity contribution in [2.24, 2.45) is 0 Å². The summed E-state index contributed by atoms with van der Waals surface area (Å²) in [6.45, 7) is 0.247. The molecule has 2 heterocycles. The summed E-state index contributed by atoms with van der Waals surface area (Å²) >= 11 is 0. The second-order valence-corrected chi connectivity index (χ2v) is 8.13. The van der Waals surface area contributed by atoms with Gasteiger partial charge in [-0.05, 0) is 36.1 Å². The van der Waals surface area contributed by atoms with Crippen LogP contribution in [0.15, 0.2) is 54.6 Å².